The maximum absolute atomic E-state index is 5.65. The van der Waals surface area contributed by atoms with Crippen molar-refractivity contribution in [1.29, 1.82) is 0 Å². The van der Waals surface area contributed by atoms with Crippen LogP contribution in [0.2, 0.25) is 0 Å². The number of methoxy groups -OCH3 is 1. The molecule has 150 valence electrons. The zero-order chi connectivity index (χ0) is 19.5. The molecular weight excluding hydrogens is 350 g/mol. The van der Waals surface area contributed by atoms with E-state index in [0.29, 0.717) is 11.9 Å². The van der Waals surface area contributed by atoms with Gasteiger partial charge in [0.25, 0.3) is 0 Å². The maximum Gasteiger partial charge on any atom is 0.229 e. The number of hydrogen-bond acceptors (Lipinski definition) is 6. The number of rotatable bonds is 7. The maximum atomic E-state index is 5.65. The lowest BCUT2D eigenvalue weighted by Gasteiger charge is -2.38. The van der Waals surface area contributed by atoms with Crippen molar-refractivity contribution in [1.82, 2.24) is 14.9 Å². The number of aryl methyl sites for hydroxylation is 1. The minimum atomic E-state index is 0.579. The third kappa shape index (κ3) is 4.22. The number of ether oxygens (including phenoxy) is 1. The molecule has 28 heavy (non-hydrogen) atoms. The lowest BCUT2D eigenvalue weighted by Crippen LogP contribution is -2.34. The fourth-order valence-corrected chi connectivity index (χ4v) is 4.48. The summed E-state index contributed by atoms with van der Waals surface area (Å²) < 4.78 is 5.65. The lowest BCUT2D eigenvalue weighted by atomic mass is 9.71. The van der Waals surface area contributed by atoms with Crippen molar-refractivity contribution in [2.45, 2.75) is 38.5 Å². The van der Waals surface area contributed by atoms with E-state index in [-0.39, 0.29) is 0 Å². The van der Waals surface area contributed by atoms with Crippen LogP contribution in [0.25, 0.3) is 0 Å². The molecule has 2 N–H and O–H groups in total. The summed E-state index contributed by atoms with van der Waals surface area (Å²) in [6.45, 7) is 5.81. The van der Waals surface area contributed by atoms with Gasteiger partial charge in [-0.05, 0) is 81.3 Å². The van der Waals surface area contributed by atoms with Gasteiger partial charge in [0.15, 0.2) is 0 Å². The first kappa shape index (κ1) is 19.0. The summed E-state index contributed by atoms with van der Waals surface area (Å²) in [7, 11) is 3.63. The number of hydrogen-bond donors (Lipinski definition) is 2. The van der Waals surface area contributed by atoms with Gasteiger partial charge in [0, 0.05) is 31.0 Å². The number of likely N-dealkylation sites (tertiary alicyclic amines) is 1. The zero-order valence-corrected chi connectivity index (χ0v) is 17.2. The molecule has 6 nitrogen and oxygen atoms in total. The molecule has 2 fully saturated rings. The standard InChI is InChI=1S/C22H31N5O/c1-15-10-21(23-2)26-22(24-15)25-18-6-7-20(28-3)19(13-18)17-11-16(12-17)14-27-8-4-5-9-27/h6-7,10,13,16-17H,4-5,8-9,11-12,14H2,1-3H3,(H2,23,24,25,26). The average Bonchev–Trinajstić information content (AvgIpc) is 3.17. The van der Waals surface area contributed by atoms with Crippen molar-refractivity contribution in [3.63, 3.8) is 0 Å². The number of nitrogens with zero attached hydrogens (tertiary/aromatic N) is 3. The first-order valence-corrected chi connectivity index (χ1v) is 10.4. The van der Waals surface area contributed by atoms with E-state index < -0.39 is 0 Å². The molecule has 1 aromatic heterocycles. The Kier molecular flexibility index (Phi) is 5.67. The Bertz CT molecular complexity index is 813. The van der Waals surface area contributed by atoms with Crippen molar-refractivity contribution in [3.8, 4) is 5.75 Å². The van der Waals surface area contributed by atoms with Crippen LogP contribution in [0, 0.1) is 12.8 Å². The summed E-state index contributed by atoms with van der Waals surface area (Å²) in [6.07, 6.45) is 5.24. The average molecular weight is 382 g/mol. The summed E-state index contributed by atoms with van der Waals surface area (Å²) in [6, 6.07) is 8.23. The molecule has 0 radical (unpaired) electrons. The quantitative estimate of drug-likeness (QED) is 0.751. The van der Waals surface area contributed by atoms with E-state index in [9.17, 15) is 0 Å². The van der Waals surface area contributed by atoms with Gasteiger partial charge in [0.2, 0.25) is 5.95 Å². The highest BCUT2D eigenvalue weighted by atomic mass is 16.5. The van der Waals surface area contributed by atoms with E-state index >= 15 is 0 Å². The molecule has 0 amide bonds. The molecule has 1 saturated heterocycles. The number of benzene rings is 1. The minimum Gasteiger partial charge on any atom is -0.496 e. The number of aromatic nitrogens is 2. The molecule has 2 aromatic rings. The van der Waals surface area contributed by atoms with Crippen LogP contribution in [-0.2, 0) is 0 Å². The van der Waals surface area contributed by atoms with Crippen molar-refractivity contribution in [2.24, 2.45) is 5.92 Å². The van der Waals surface area contributed by atoms with Crippen LogP contribution in [0.4, 0.5) is 17.5 Å². The van der Waals surface area contributed by atoms with Gasteiger partial charge in [0.1, 0.15) is 11.6 Å². The second kappa shape index (κ2) is 8.35. The second-order valence-corrected chi connectivity index (χ2v) is 8.09. The van der Waals surface area contributed by atoms with Crippen LogP contribution in [-0.4, -0.2) is 48.7 Å². The van der Waals surface area contributed by atoms with E-state index in [4.69, 9.17) is 4.74 Å². The van der Waals surface area contributed by atoms with Gasteiger partial charge in [-0.15, -0.1) is 0 Å². The highest BCUT2D eigenvalue weighted by Crippen LogP contribution is 2.46. The SMILES string of the molecule is CNc1cc(C)nc(Nc2ccc(OC)c(C3CC(CN4CCCC4)C3)c2)n1. The number of anilines is 3. The van der Waals surface area contributed by atoms with Gasteiger partial charge in [-0.25, -0.2) is 4.98 Å². The first-order valence-electron chi connectivity index (χ1n) is 10.4. The molecule has 0 atom stereocenters. The molecular formula is C22H31N5O. The Morgan fingerprint density at radius 2 is 1.93 bits per heavy atom. The normalized spacial score (nSPS) is 22.0. The third-order valence-electron chi connectivity index (χ3n) is 5.99. The van der Waals surface area contributed by atoms with Crippen molar-refractivity contribution in [3.05, 3.63) is 35.5 Å². The molecule has 2 heterocycles. The Hall–Kier alpha value is -2.34. The van der Waals surface area contributed by atoms with Gasteiger partial charge >= 0.3 is 0 Å². The second-order valence-electron chi connectivity index (χ2n) is 8.09. The highest BCUT2D eigenvalue weighted by molar-refractivity contribution is 5.59. The van der Waals surface area contributed by atoms with Gasteiger partial charge in [-0.3, -0.25) is 0 Å². The van der Waals surface area contributed by atoms with E-state index in [2.05, 4.69) is 37.6 Å². The summed E-state index contributed by atoms with van der Waals surface area (Å²) in [5.74, 6) is 3.81. The molecule has 0 bridgehead atoms. The van der Waals surface area contributed by atoms with Crippen LogP contribution < -0.4 is 15.4 Å². The van der Waals surface area contributed by atoms with E-state index in [0.717, 1.165) is 28.9 Å². The molecule has 1 aliphatic heterocycles. The Labute approximate surface area is 167 Å². The van der Waals surface area contributed by atoms with Crippen LogP contribution in [0.15, 0.2) is 24.3 Å². The van der Waals surface area contributed by atoms with Crippen LogP contribution in [0.5, 0.6) is 5.75 Å². The van der Waals surface area contributed by atoms with Gasteiger partial charge < -0.3 is 20.3 Å². The molecule has 1 aromatic carbocycles. The molecule has 2 aliphatic rings. The molecule has 6 heteroatoms. The van der Waals surface area contributed by atoms with E-state index in [1.165, 1.54) is 50.9 Å². The topological polar surface area (TPSA) is 62.3 Å². The van der Waals surface area contributed by atoms with Gasteiger partial charge in [-0.1, -0.05) is 0 Å². The van der Waals surface area contributed by atoms with Crippen LogP contribution >= 0.6 is 0 Å². The van der Waals surface area contributed by atoms with Crippen molar-refractivity contribution >= 4 is 17.5 Å². The summed E-state index contributed by atoms with van der Waals surface area (Å²) >= 11 is 0. The third-order valence-corrected chi connectivity index (χ3v) is 5.99. The molecule has 1 saturated carbocycles. The fourth-order valence-electron chi connectivity index (χ4n) is 4.48. The zero-order valence-electron chi connectivity index (χ0n) is 17.2. The minimum absolute atomic E-state index is 0.579. The smallest absolute Gasteiger partial charge is 0.229 e. The Balaban J connectivity index is 1.45. The molecule has 0 spiro atoms. The fraction of sp³-hybridized carbons (Fsp3) is 0.545. The summed E-state index contributed by atoms with van der Waals surface area (Å²) in [5.41, 5.74) is 3.23. The first-order chi connectivity index (χ1) is 13.6. The van der Waals surface area contributed by atoms with Gasteiger partial charge in [-0.2, -0.15) is 4.98 Å². The van der Waals surface area contributed by atoms with Crippen molar-refractivity contribution < 1.29 is 4.74 Å². The largest absolute Gasteiger partial charge is 0.496 e. The van der Waals surface area contributed by atoms with Crippen LogP contribution in [0.3, 0.4) is 0 Å². The van der Waals surface area contributed by atoms with Crippen molar-refractivity contribution in [2.75, 3.05) is 44.4 Å². The Morgan fingerprint density at radius 1 is 1.14 bits per heavy atom. The molecule has 4 rings (SSSR count). The summed E-state index contributed by atoms with van der Waals surface area (Å²) in [4.78, 5) is 11.6. The predicted octanol–water partition coefficient (Wildman–Crippen LogP) is 4.17. The Morgan fingerprint density at radius 3 is 2.64 bits per heavy atom. The molecule has 0 unspecified atom stereocenters. The van der Waals surface area contributed by atoms with E-state index in [1.807, 2.05) is 26.1 Å². The molecule has 1 aliphatic carbocycles. The predicted molar refractivity (Wildman–Crippen MR) is 114 cm³/mol. The van der Waals surface area contributed by atoms with E-state index in [1.54, 1.807) is 7.11 Å². The van der Waals surface area contributed by atoms with Gasteiger partial charge in [0.05, 0.1) is 7.11 Å². The highest BCUT2D eigenvalue weighted by Gasteiger charge is 2.33. The lowest BCUT2D eigenvalue weighted by molar-refractivity contribution is 0.178. The number of nitrogens with one attached hydrogen (secondary N) is 2. The monoisotopic (exact) mass is 381 g/mol. The summed E-state index contributed by atoms with van der Waals surface area (Å²) in [5, 5.41) is 6.44. The van der Waals surface area contributed by atoms with Crippen LogP contribution in [0.1, 0.15) is 42.9 Å².